The number of H-pyrrole nitrogens is 1. The molecule has 54 heavy (non-hydrogen) atoms. The Morgan fingerprint density at radius 1 is 0.907 bits per heavy atom. The highest BCUT2D eigenvalue weighted by Crippen LogP contribution is 2.33. The minimum atomic E-state index is -0.611. The average Bonchev–Trinajstić information content (AvgIpc) is 3.81. The highest BCUT2D eigenvalue weighted by molar-refractivity contribution is 6.02. The van der Waals surface area contributed by atoms with E-state index in [9.17, 15) is 24.4 Å². The van der Waals surface area contributed by atoms with Crippen LogP contribution >= 0.6 is 0 Å². The predicted molar refractivity (Wildman–Crippen MR) is 210 cm³/mol. The molecule has 11 nitrogen and oxygen atoms in total. The second kappa shape index (κ2) is 17.1. The van der Waals surface area contributed by atoms with Crippen LogP contribution in [-0.4, -0.2) is 83.1 Å². The van der Waals surface area contributed by atoms with Crippen molar-refractivity contribution in [3.8, 4) is 17.3 Å². The molecule has 276 valence electrons. The Kier molecular flexibility index (Phi) is 11.8. The van der Waals surface area contributed by atoms with Crippen LogP contribution in [0.5, 0.6) is 0 Å². The number of rotatable bonds is 13. The molecule has 0 bridgehead atoms. The van der Waals surface area contributed by atoms with Gasteiger partial charge in [0, 0.05) is 35.4 Å². The van der Waals surface area contributed by atoms with Gasteiger partial charge in [0.25, 0.3) is 0 Å². The van der Waals surface area contributed by atoms with E-state index in [-0.39, 0.29) is 36.6 Å². The fourth-order valence-electron chi connectivity index (χ4n) is 7.12. The molecule has 0 spiro atoms. The molecule has 3 N–H and O–H groups in total. The topological polar surface area (TPSA) is 142 Å². The van der Waals surface area contributed by atoms with E-state index in [1.165, 1.54) is 0 Å². The number of amides is 4. The van der Waals surface area contributed by atoms with Gasteiger partial charge in [-0.25, -0.2) is 0 Å². The molecule has 6 rings (SSSR count). The number of aromatic amines is 1. The largest absolute Gasteiger partial charge is 0.353 e. The number of nitrogens with zero attached hydrogens (tertiary/aromatic N) is 4. The second-order valence-electron chi connectivity index (χ2n) is 13.8. The molecule has 5 aromatic rings. The van der Waals surface area contributed by atoms with E-state index >= 15 is 0 Å². The van der Waals surface area contributed by atoms with Gasteiger partial charge in [0.05, 0.1) is 24.2 Å². The van der Waals surface area contributed by atoms with Gasteiger partial charge in [-0.05, 0) is 80.4 Å². The van der Waals surface area contributed by atoms with Crippen molar-refractivity contribution in [3.63, 3.8) is 0 Å². The van der Waals surface area contributed by atoms with Crippen LogP contribution in [0.4, 0.5) is 11.4 Å². The van der Waals surface area contributed by atoms with Gasteiger partial charge in [-0.3, -0.25) is 24.1 Å². The number of fused-ring (bicyclic) bond motifs is 1. The number of hydrogen-bond acceptors (Lipinski definition) is 6. The van der Waals surface area contributed by atoms with Crippen LogP contribution in [0, 0.1) is 11.3 Å². The Bertz CT molecular complexity index is 2160. The number of anilines is 2. The number of nitriles is 1. The third kappa shape index (κ3) is 8.51. The summed E-state index contributed by atoms with van der Waals surface area (Å²) < 4.78 is 0. The summed E-state index contributed by atoms with van der Waals surface area (Å²) in [5.41, 5.74) is 5.35. The zero-order valence-electron chi connectivity index (χ0n) is 30.8. The summed E-state index contributed by atoms with van der Waals surface area (Å²) in [6, 6.07) is 32.8. The summed E-state index contributed by atoms with van der Waals surface area (Å²) in [5.74, 6) is -0.781. The van der Waals surface area contributed by atoms with Crippen LogP contribution in [0.2, 0.25) is 0 Å². The Balaban J connectivity index is 1.12. The van der Waals surface area contributed by atoms with E-state index in [4.69, 9.17) is 0 Å². The molecule has 1 aliphatic heterocycles. The Morgan fingerprint density at radius 2 is 1.59 bits per heavy atom. The zero-order valence-corrected chi connectivity index (χ0v) is 30.8. The molecule has 2 heterocycles. The van der Waals surface area contributed by atoms with E-state index < -0.39 is 12.1 Å². The molecule has 0 saturated carbocycles. The fraction of sp³-hybridized carbons (Fsp3) is 0.279. The van der Waals surface area contributed by atoms with Gasteiger partial charge in [-0.15, -0.1) is 0 Å². The first-order chi connectivity index (χ1) is 26.2. The van der Waals surface area contributed by atoms with Crippen molar-refractivity contribution in [2.24, 2.45) is 0 Å². The van der Waals surface area contributed by atoms with Crippen molar-refractivity contribution >= 4 is 45.9 Å². The standard InChI is InChI=1S/C43H45N7O4/c1-4-23-49(39(52)25-29-12-7-5-8-13-29)28-38(51)45-32-19-17-30(18-20-32)40-35(27-44)34-26-33(21-22-36(34)47-40)46-42(53)37-16-11-24-50(37)43(54)41(48(2)3)31-14-9-6-10-15-31/h5-10,12-15,17-22,26,37,41,47H,4,11,16,23-25,28H2,1-3H3,(H,45,51)(H,46,53)/t37-,41+/m0/s1. The number of likely N-dealkylation sites (N-methyl/N-ethyl adjacent to an activating group) is 1. The molecule has 0 unspecified atom stereocenters. The average molecular weight is 724 g/mol. The molecule has 1 aromatic heterocycles. The lowest BCUT2D eigenvalue weighted by atomic mass is 10.0. The SMILES string of the molecule is CCCN(CC(=O)Nc1ccc(-c2[nH]c3ccc(NC(=O)[C@@H]4CCCN4C(=O)[C@@H](c4ccccc4)N(C)C)cc3c2C#N)cc1)C(=O)Cc1ccccc1. The van der Waals surface area contributed by atoms with Crippen LogP contribution in [0.3, 0.4) is 0 Å². The van der Waals surface area contributed by atoms with Crippen LogP contribution in [0.25, 0.3) is 22.2 Å². The van der Waals surface area contributed by atoms with Crippen molar-refractivity contribution in [1.82, 2.24) is 19.7 Å². The molecule has 0 aliphatic carbocycles. The molecule has 4 amide bonds. The second-order valence-corrected chi connectivity index (χ2v) is 13.8. The molecular weight excluding hydrogens is 679 g/mol. The molecule has 1 aliphatic rings. The molecule has 1 saturated heterocycles. The van der Waals surface area contributed by atoms with Crippen molar-refractivity contribution in [1.29, 1.82) is 5.26 Å². The summed E-state index contributed by atoms with van der Waals surface area (Å²) in [6.45, 7) is 2.89. The number of carbonyl (C=O) groups excluding carboxylic acids is 4. The molecule has 11 heteroatoms. The third-order valence-corrected chi connectivity index (χ3v) is 9.72. The number of nitrogens with one attached hydrogen (secondary N) is 3. The lowest BCUT2D eigenvalue weighted by molar-refractivity contribution is -0.140. The van der Waals surface area contributed by atoms with Crippen LogP contribution < -0.4 is 10.6 Å². The highest BCUT2D eigenvalue weighted by Gasteiger charge is 2.38. The zero-order chi connectivity index (χ0) is 38.2. The van der Waals surface area contributed by atoms with Gasteiger partial charge in [-0.1, -0.05) is 79.7 Å². The molecule has 2 atom stereocenters. The lowest BCUT2D eigenvalue weighted by Crippen LogP contribution is -2.47. The number of aromatic nitrogens is 1. The van der Waals surface area contributed by atoms with Crippen molar-refractivity contribution < 1.29 is 19.2 Å². The summed E-state index contributed by atoms with van der Waals surface area (Å²) in [4.78, 5) is 61.9. The van der Waals surface area contributed by atoms with Crippen LogP contribution in [0.15, 0.2) is 103 Å². The number of benzene rings is 4. The quantitative estimate of drug-likeness (QED) is 0.129. The monoisotopic (exact) mass is 723 g/mol. The minimum Gasteiger partial charge on any atom is -0.353 e. The van der Waals surface area contributed by atoms with Crippen LogP contribution in [-0.2, 0) is 25.6 Å². The Hall–Kier alpha value is -6.25. The fourth-order valence-corrected chi connectivity index (χ4v) is 7.12. The first kappa shape index (κ1) is 37.5. The number of hydrogen-bond donors (Lipinski definition) is 3. The molecule has 0 radical (unpaired) electrons. The summed E-state index contributed by atoms with van der Waals surface area (Å²) in [6.07, 6.45) is 2.25. The van der Waals surface area contributed by atoms with Crippen LogP contribution in [0.1, 0.15) is 48.9 Å². The van der Waals surface area contributed by atoms with Gasteiger partial charge in [0.2, 0.25) is 23.6 Å². The van der Waals surface area contributed by atoms with E-state index in [1.807, 2.05) is 105 Å². The number of carbonyl (C=O) groups is 4. The van der Waals surface area contributed by atoms with Gasteiger partial charge in [0.1, 0.15) is 18.2 Å². The third-order valence-electron chi connectivity index (χ3n) is 9.72. The maximum absolute atomic E-state index is 13.8. The van der Waals surface area contributed by atoms with Gasteiger partial charge in [0.15, 0.2) is 0 Å². The molecule has 4 aromatic carbocycles. The first-order valence-corrected chi connectivity index (χ1v) is 18.3. The normalized spacial score (nSPS) is 14.4. The van der Waals surface area contributed by atoms with Crippen molar-refractivity contribution in [2.75, 3.05) is 44.4 Å². The van der Waals surface area contributed by atoms with Gasteiger partial charge < -0.3 is 25.4 Å². The summed E-state index contributed by atoms with van der Waals surface area (Å²) in [7, 11) is 3.72. The molecule has 1 fully saturated rings. The lowest BCUT2D eigenvalue weighted by Gasteiger charge is -2.31. The van der Waals surface area contributed by atoms with E-state index in [0.717, 1.165) is 35.0 Å². The van der Waals surface area contributed by atoms with Crippen molar-refractivity contribution in [3.05, 3.63) is 120 Å². The van der Waals surface area contributed by atoms with Crippen molar-refractivity contribution in [2.45, 2.75) is 44.7 Å². The summed E-state index contributed by atoms with van der Waals surface area (Å²) in [5, 5.41) is 16.8. The van der Waals surface area contributed by atoms with Gasteiger partial charge >= 0.3 is 0 Å². The van der Waals surface area contributed by atoms with E-state index in [0.29, 0.717) is 47.5 Å². The van der Waals surface area contributed by atoms with Gasteiger partial charge in [-0.2, -0.15) is 5.26 Å². The number of likely N-dealkylation sites (tertiary alicyclic amines) is 1. The molecular formula is C43H45N7O4. The smallest absolute Gasteiger partial charge is 0.247 e. The maximum atomic E-state index is 13.8. The van der Waals surface area contributed by atoms with E-state index in [1.54, 1.807) is 34.1 Å². The predicted octanol–water partition coefficient (Wildman–Crippen LogP) is 6.36. The first-order valence-electron chi connectivity index (χ1n) is 18.3. The Morgan fingerprint density at radius 3 is 2.26 bits per heavy atom. The highest BCUT2D eigenvalue weighted by atomic mass is 16.2. The van der Waals surface area contributed by atoms with E-state index in [2.05, 4.69) is 21.7 Å². The minimum absolute atomic E-state index is 0.0555. The summed E-state index contributed by atoms with van der Waals surface area (Å²) >= 11 is 0. The Labute approximate surface area is 315 Å². The maximum Gasteiger partial charge on any atom is 0.247 e.